The Labute approximate surface area is 174 Å². The lowest BCUT2D eigenvalue weighted by atomic mass is 9.99. The first kappa shape index (κ1) is 24.7. The first-order chi connectivity index (χ1) is 11.9. The summed E-state index contributed by atoms with van der Waals surface area (Å²) in [6.45, 7) is 9.91. The van der Waals surface area contributed by atoms with Crippen molar-refractivity contribution in [2.75, 3.05) is 27.2 Å². The highest BCUT2D eigenvalue weighted by molar-refractivity contribution is 14.0. The molecule has 2 N–H and O–H groups in total. The van der Waals surface area contributed by atoms with E-state index in [1.165, 1.54) is 4.90 Å². The molecule has 0 saturated carbocycles. The Bertz CT molecular complexity index is 554. The highest BCUT2D eigenvalue weighted by Crippen LogP contribution is 2.22. The van der Waals surface area contributed by atoms with Gasteiger partial charge in [0.1, 0.15) is 6.54 Å². The van der Waals surface area contributed by atoms with Gasteiger partial charge in [0, 0.05) is 32.6 Å². The fourth-order valence-corrected chi connectivity index (χ4v) is 2.25. The zero-order chi connectivity index (χ0) is 18.8. The van der Waals surface area contributed by atoms with E-state index in [9.17, 15) is 4.79 Å². The number of guanidine groups is 1. The first-order valence-electron chi connectivity index (χ1n) is 9.05. The minimum Gasteiger partial charge on any atom is -0.359 e. The molecule has 0 aliphatic rings. The van der Waals surface area contributed by atoms with Gasteiger partial charge in [-0.25, -0.2) is 4.99 Å². The number of carbonyl (C=O) groups is 1. The van der Waals surface area contributed by atoms with Crippen LogP contribution < -0.4 is 10.6 Å². The van der Waals surface area contributed by atoms with E-state index in [4.69, 9.17) is 4.52 Å². The molecule has 1 amide bonds. The van der Waals surface area contributed by atoms with Crippen LogP contribution in [0, 0.1) is 5.92 Å². The Morgan fingerprint density at radius 2 is 1.92 bits per heavy atom. The van der Waals surface area contributed by atoms with Gasteiger partial charge >= 0.3 is 0 Å². The maximum absolute atomic E-state index is 11.7. The van der Waals surface area contributed by atoms with Crippen molar-refractivity contribution in [3.05, 3.63) is 17.5 Å². The van der Waals surface area contributed by atoms with E-state index in [1.54, 1.807) is 14.1 Å². The molecule has 1 heterocycles. The summed E-state index contributed by atoms with van der Waals surface area (Å²) in [6, 6.07) is 2.00. The molecule has 1 rings (SSSR count). The van der Waals surface area contributed by atoms with Crippen LogP contribution in [-0.2, 0) is 11.3 Å². The predicted molar refractivity (Wildman–Crippen MR) is 116 cm³/mol. The number of halogens is 1. The Morgan fingerprint density at radius 3 is 2.46 bits per heavy atom. The Hall–Kier alpha value is -1.32. The highest BCUT2D eigenvalue weighted by atomic mass is 127. The molecule has 0 bridgehead atoms. The quantitative estimate of drug-likeness (QED) is 0.323. The SMILES string of the molecule is CCC(CC)c1cc(CNC(=NCC(=O)N(C)C)NCC(C)C)on1.I. The summed E-state index contributed by atoms with van der Waals surface area (Å²) in [5.74, 6) is 2.23. The largest absolute Gasteiger partial charge is 0.359 e. The van der Waals surface area contributed by atoms with Gasteiger partial charge in [-0.3, -0.25) is 4.79 Å². The molecule has 0 radical (unpaired) electrons. The molecule has 0 aromatic carbocycles. The summed E-state index contributed by atoms with van der Waals surface area (Å²) in [5, 5.41) is 10.6. The van der Waals surface area contributed by atoms with Gasteiger partial charge in [-0.05, 0) is 18.8 Å². The number of hydrogen-bond acceptors (Lipinski definition) is 4. The molecule has 1 aromatic heterocycles. The first-order valence-corrected chi connectivity index (χ1v) is 9.05. The summed E-state index contributed by atoms with van der Waals surface area (Å²) in [4.78, 5) is 17.6. The topological polar surface area (TPSA) is 82.8 Å². The number of amides is 1. The van der Waals surface area contributed by atoms with Gasteiger partial charge in [0.25, 0.3) is 0 Å². The number of aromatic nitrogens is 1. The van der Waals surface area contributed by atoms with Gasteiger partial charge in [0.05, 0.1) is 12.2 Å². The molecule has 26 heavy (non-hydrogen) atoms. The van der Waals surface area contributed by atoms with Crippen molar-refractivity contribution >= 4 is 35.8 Å². The standard InChI is InChI=1S/C18H33N5O2.HI/c1-7-14(8-2)16-9-15(25-22-16)11-20-18(19-10-13(3)4)21-12-17(24)23(5)6;/h9,13-14H,7-8,10-12H2,1-6H3,(H2,19,20,21);1H. The molecular formula is C18H34IN5O2. The van der Waals surface area contributed by atoms with E-state index in [-0.39, 0.29) is 36.4 Å². The third kappa shape index (κ3) is 8.86. The smallest absolute Gasteiger partial charge is 0.243 e. The average molecular weight is 479 g/mol. The number of likely N-dealkylation sites (N-methyl/N-ethyl adjacent to an activating group) is 1. The van der Waals surface area contributed by atoms with Crippen LogP contribution in [0.4, 0.5) is 0 Å². The minimum absolute atomic E-state index is 0. The van der Waals surface area contributed by atoms with Crippen molar-refractivity contribution in [1.82, 2.24) is 20.7 Å². The second kappa shape index (κ2) is 12.9. The van der Waals surface area contributed by atoms with Gasteiger partial charge in [-0.15, -0.1) is 24.0 Å². The summed E-state index contributed by atoms with van der Waals surface area (Å²) in [5.41, 5.74) is 0.998. The number of carbonyl (C=O) groups excluding carboxylic acids is 1. The molecule has 0 aliphatic heterocycles. The number of nitrogens with one attached hydrogen (secondary N) is 2. The van der Waals surface area contributed by atoms with E-state index in [0.717, 1.165) is 30.8 Å². The molecule has 0 aliphatic carbocycles. The third-order valence-corrected chi connectivity index (χ3v) is 3.96. The lowest BCUT2D eigenvalue weighted by molar-refractivity contribution is -0.127. The third-order valence-electron chi connectivity index (χ3n) is 3.96. The van der Waals surface area contributed by atoms with Crippen LogP contribution in [0.5, 0.6) is 0 Å². The van der Waals surface area contributed by atoms with Crippen LogP contribution in [0.15, 0.2) is 15.6 Å². The van der Waals surface area contributed by atoms with Crippen LogP contribution in [0.25, 0.3) is 0 Å². The highest BCUT2D eigenvalue weighted by Gasteiger charge is 2.13. The van der Waals surface area contributed by atoms with Gasteiger partial charge in [-0.2, -0.15) is 0 Å². The molecule has 0 saturated heterocycles. The summed E-state index contributed by atoms with van der Waals surface area (Å²) >= 11 is 0. The molecule has 0 fully saturated rings. The van der Waals surface area contributed by atoms with Crippen LogP contribution in [0.3, 0.4) is 0 Å². The maximum Gasteiger partial charge on any atom is 0.243 e. The summed E-state index contributed by atoms with van der Waals surface area (Å²) in [6.07, 6.45) is 2.09. The zero-order valence-electron chi connectivity index (χ0n) is 16.8. The second-order valence-electron chi connectivity index (χ2n) is 6.81. The van der Waals surface area contributed by atoms with Crippen LogP contribution in [0.1, 0.15) is 57.9 Å². The number of nitrogens with zero attached hydrogens (tertiary/aromatic N) is 3. The van der Waals surface area contributed by atoms with Crippen molar-refractivity contribution in [3.8, 4) is 0 Å². The molecule has 0 atom stereocenters. The number of hydrogen-bond donors (Lipinski definition) is 2. The number of aliphatic imine (C=N–C) groups is 1. The Kier molecular flexibility index (Phi) is 12.3. The molecule has 150 valence electrons. The summed E-state index contributed by atoms with van der Waals surface area (Å²) in [7, 11) is 3.45. The predicted octanol–water partition coefficient (Wildman–Crippen LogP) is 2.98. The van der Waals surface area contributed by atoms with Crippen LogP contribution in [0.2, 0.25) is 0 Å². The Morgan fingerprint density at radius 1 is 1.27 bits per heavy atom. The normalized spacial score (nSPS) is 11.5. The van der Waals surface area contributed by atoms with Crippen molar-refractivity contribution in [1.29, 1.82) is 0 Å². The number of rotatable bonds is 9. The average Bonchev–Trinajstić information content (AvgIpc) is 3.03. The van der Waals surface area contributed by atoms with E-state index < -0.39 is 0 Å². The molecule has 7 nitrogen and oxygen atoms in total. The van der Waals surface area contributed by atoms with Crippen molar-refractivity contribution in [3.63, 3.8) is 0 Å². The van der Waals surface area contributed by atoms with Crippen molar-refractivity contribution < 1.29 is 9.32 Å². The maximum atomic E-state index is 11.7. The van der Waals surface area contributed by atoms with Crippen molar-refractivity contribution in [2.24, 2.45) is 10.9 Å². The van der Waals surface area contributed by atoms with E-state index in [2.05, 4.69) is 48.5 Å². The fourth-order valence-electron chi connectivity index (χ4n) is 2.25. The molecule has 1 aromatic rings. The molecule has 0 spiro atoms. The molecular weight excluding hydrogens is 445 g/mol. The lowest BCUT2D eigenvalue weighted by Crippen LogP contribution is -2.39. The van der Waals surface area contributed by atoms with Gasteiger partial charge in [0.15, 0.2) is 11.7 Å². The molecule has 0 unspecified atom stereocenters. The summed E-state index contributed by atoms with van der Waals surface area (Å²) < 4.78 is 5.42. The zero-order valence-corrected chi connectivity index (χ0v) is 19.2. The fraction of sp³-hybridized carbons (Fsp3) is 0.722. The van der Waals surface area contributed by atoms with E-state index in [1.807, 2.05) is 6.07 Å². The van der Waals surface area contributed by atoms with E-state index >= 15 is 0 Å². The van der Waals surface area contributed by atoms with Crippen LogP contribution >= 0.6 is 24.0 Å². The van der Waals surface area contributed by atoms with E-state index in [0.29, 0.717) is 24.3 Å². The van der Waals surface area contributed by atoms with Crippen molar-refractivity contribution in [2.45, 2.75) is 53.0 Å². The minimum atomic E-state index is -0.0404. The molecule has 8 heteroatoms. The Balaban J connectivity index is 0.00000625. The van der Waals surface area contributed by atoms with Gasteiger partial charge in [0.2, 0.25) is 5.91 Å². The van der Waals surface area contributed by atoms with Gasteiger partial charge in [-0.1, -0.05) is 32.9 Å². The van der Waals surface area contributed by atoms with Crippen LogP contribution in [-0.4, -0.2) is 49.1 Å². The second-order valence-corrected chi connectivity index (χ2v) is 6.81. The van der Waals surface area contributed by atoms with Gasteiger partial charge < -0.3 is 20.1 Å². The monoisotopic (exact) mass is 479 g/mol. The lowest BCUT2D eigenvalue weighted by Gasteiger charge is -2.14.